The Morgan fingerprint density at radius 2 is 1.71 bits per heavy atom. The lowest BCUT2D eigenvalue weighted by Crippen LogP contribution is -2.22. The van der Waals surface area contributed by atoms with E-state index >= 15 is 0 Å². The van der Waals surface area contributed by atoms with Gasteiger partial charge < -0.3 is 15.1 Å². The van der Waals surface area contributed by atoms with Crippen molar-refractivity contribution >= 4 is 5.57 Å². The van der Waals surface area contributed by atoms with Crippen LogP contribution in [0, 0.1) is 11.1 Å². The molecule has 0 aliphatic carbocycles. The molecule has 1 rings (SSSR count). The Kier molecular flexibility index (Phi) is 6.96. The van der Waals surface area contributed by atoms with Gasteiger partial charge in [0.05, 0.1) is 6.10 Å². The zero-order valence-electron chi connectivity index (χ0n) is 15.8. The second-order valence-corrected chi connectivity index (χ2v) is 7.38. The third-order valence-electron chi connectivity index (χ3n) is 3.48. The Morgan fingerprint density at radius 3 is 2.12 bits per heavy atom. The molecule has 0 aromatic heterocycles. The maximum absolute atomic E-state index is 12.0. The van der Waals surface area contributed by atoms with Crippen molar-refractivity contribution in [2.24, 2.45) is 11.0 Å². The quantitative estimate of drug-likeness (QED) is 0.470. The summed E-state index contributed by atoms with van der Waals surface area (Å²) < 4.78 is 5.82. The Bertz CT molecular complexity index is 582. The smallest absolute Gasteiger partial charge is 0.213 e. The van der Waals surface area contributed by atoms with Gasteiger partial charge in [-0.2, -0.15) is 0 Å². The largest absolute Gasteiger partial charge is 0.595 e. The summed E-state index contributed by atoms with van der Waals surface area (Å²) in [7, 11) is 0. The summed E-state index contributed by atoms with van der Waals surface area (Å²) in [5.41, 5.74) is 1.58. The van der Waals surface area contributed by atoms with Crippen molar-refractivity contribution in [3.8, 4) is 5.75 Å². The van der Waals surface area contributed by atoms with E-state index in [2.05, 4.69) is 5.11 Å². The van der Waals surface area contributed by atoms with Gasteiger partial charge in [-0.15, -0.1) is 0 Å². The van der Waals surface area contributed by atoms with Crippen molar-refractivity contribution in [1.82, 2.24) is 0 Å². The van der Waals surface area contributed by atoms with Gasteiger partial charge in [0.2, 0.25) is 6.20 Å². The Balaban J connectivity index is 3.06. The maximum atomic E-state index is 12.0. The Labute approximate surface area is 145 Å². The highest BCUT2D eigenvalue weighted by atomic mass is 16.5. The summed E-state index contributed by atoms with van der Waals surface area (Å²) in [6.45, 7) is 13.4. The lowest BCUT2D eigenvalue weighted by Gasteiger charge is -2.21. The first-order valence-corrected chi connectivity index (χ1v) is 8.36. The van der Waals surface area contributed by atoms with E-state index in [9.17, 15) is 10.3 Å². The Morgan fingerprint density at radius 1 is 1.17 bits per heavy atom. The minimum Gasteiger partial charge on any atom is -0.595 e. The summed E-state index contributed by atoms with van der Waals surface area (Å²) in [5, 5.41) is 25.4. The standard InChI is InChI=1S/C19H30N2O3/c1-13(2)18(12-21(23)20-14(3)15(4)22)16-8-10-17(11-9-16)24-19(5,6)7/h8-15,22H,1-7H3. The van der Waals surface area contributed by atoms with Gasteiger partial charge in [-0.05, 0) is 63.3 Å². The normalized spacial score (nSPS) is 16.2. The first-order chi connectivity index (χ1) is 11.0. The van der Waals surface area contributed by atoms with Crippen molar-refractivity contribution < 1.29 is 14.7 Å². The number of aliphatic hydroxyl groups excluding tert-OH is 1. The number of rotatable bonds is 6. The van der Waals surface area contributed by atoms with Crippen molar-refractivity contribution in [3.63, 3.8) is 0 Å². The molecule has 0 aliphatic rings. The molecule has 1 aromatic rings. The van der Waals surface area contributed by atoms with Crippen molar-refractivity contribution in [1.29, 1.82) is 0 Å². The number of azo groups is 1. The van der Waals surface area contributed by atoms with E-state index in [1.165, 1.54) is 6.20 Å². The molecule has 1 N–H and O–H groups in total. The van der Waals surface area contributed by atoms with E-state index in [0.29, 0.717) is 4.86 Å². The number of hydrogen-bond acceptors (Lipinski definition) is 4. The van der Waals surface area contributed by atoms with Gasteiger partial charge in [0.1, 0.15) is 17.4 Å². The predicted molar refractivity (Wildman–Crippen MR) is 96.8 cm³/mol. The summed E-state index contributed by atoms with van der Waals surface area (Å²) in [5.74, 6) is 0.952. The molecule has 0 radical (unpaired) electrons. The van der Waals surface area contributed by atoms with Crippen LogP contribution < -0.4 is 4.74 Å². The van der Waals surface area contributed by atoms with Gasteiger partial charge in [0, 0.05) is 5.57 Å². The fraction of sp³-hybridized carbons (Fsp3) is 0.579. The number of hydrogen-bond donors (Lipinski definition) is 1. The first kappa shape index (κ1) is 20.2. The number of nitrogens with zero attached hydrogens (tertiary/aromatic N) is 2. The molecular weight excluding hydrogens is 304 g/mol. The van der Waals surface area contributed by atoms with Gasteiger partial charge in [-0.25, -0.2) is 0 Å². The van der Waals surface area contributed by atoms with Gasteiger partial charge >= 0.3 is 0 Å². The van der Waals surface area contributed by atoms with Gasteiger partial charge in [0.25, 0.3) is 0 Å². The second-order valence-electron chi connectivity index (χ2n) is 7.38. The summed E-state index contributed by atoms with van der Waals surface area (Å²) in [4.78, 5) is 0.548. The number of ether oxygens (including phenoxy) is 1. The topological polar surface area (TPSA) is 67.9 Å². The zero-order valence-corrected chi connectivity index (χ0v) is 15.8. The van der Waals surface area contributed by atoms with Crippen LogP contribution in [0.15, 0.2) is 35.6 Å². The van der Waals surface area contributed by atoms with Crippen LogP contribution in [-0.4, -0.2) is 27.7 Å². The second kappa shape index (κ2) is 8.29. The highest BCUT2D eigenvalue weighted by Crippen LogP contribution is 2.26. The van der Waals surface area contributed by atoms with E-state index in [-0.39, 0.29) is 11.5 Å². The lowest BCUT2D eigenvalue weighted by molar-refractivity contribution is -0.462. The van der Waals surface area contributed by atoms with Crippen molar-refractivity contribution in [2.75, 3.05) is 0 Å². The van der Waals surface area contributed by atoms with Crippen molar-refractivity contribution in [3.05, 3.63) is 41.2 Å². The molecule has 5 nitrogen and oxygen atoms in total. The molecule has 0 spiro atoms. The molecule has 0 saturated carbocycles. The highest BCUT2D eigenvalue weighted by molar-refractivity contribution is 5.66. The van der Waals surface area contributed by atoms with Crippen LogP contribution in [0.4, 0.5) is 0 Å². The minimum absolute atomic E-state index is 0.160. The summed E-state index contributed by atoms with van der Waals surface area (Å²) >= 11 is 0. The average Bonchev–Trinajstić information content (AvgIpc) is 2.43. The molecule has 2 atom stereocenters. The zero-order chi connectivity index (χ0) is 18.5. The maximum Gasteiger partial charge on any atom is 0.213 e. The van der Waals surface area contributed by atoms with Crippen molar-refractivity contribution in [2.45, 2.75) is 66.2 Å². The molecule has 0 heterocycles. The van der Waals surface area contributed by atoms with Crippen LogP contribution in [0.5, 0.6) is 5.75 Å². The molecule has 2 unspecified atom stereocenters. The SMILES string of the molecule is CC(C)C(=C[N+]([O-])=NC(C)C(C)O)c1ccc(OC(C)(C)C)cc1. The van der Waals surface area contributed by atoms with Crippen LogP contribution in [-0.2, 0) is 0 Å². The van der Waals surface area contributed by atoms with E-state index in [0.717, 1.165) is 16.9 Å². The predicted octanol–water partition coefficient (Wildman–Crippen LogP) is 4.59. The monoisotopic (exact) mass is 334 g/mol. The molecule has 1 aromatic carbocycles. The van der Waals surface area contributed by atoms with Crippen LogP contribution in [0.25, 0.3) is 5.57 Å². The van der Waals surface area contributed by atoms with Crippen LogP contribution in [0.1, 0.15) is 54.0 Å². The third kappa shape index (κ3) is 6.71. The average molecular weight is 334 g/mol. The molecule has 0 amide bonds. The molecule has 0 bridgehead atoms. The van der Waals surface area contributed by atoms with Gasteiger partial charge in [-0.3, -0.25) is 0 Å². The molecule has 5 heteroatoms. The first-order valence-electron chi connectivity index (χ1n) is 8.36. The number of allylic oxidation sites excluding steroid dienone is 1. The molecule has 0 saturated heterocycles. The van der Waals surface area contributed by atoms with E-state index in [1.807, 2.05) is 58.9 Å². The molecule has 0 aliphatic heterocycles. The molecule has 134 valence electrons. The molecular formula is C19H30N2O3. The summed E-state index contributed by atoms with van der Waals surface area (Å²) in [6, 6.07) is 7.25. The number of benzene rings is 1. The Hall–Kier alpha value is -1.88. The van der Waals surface area contributed by atoms with E-state index in [4.69, 9.17) is 4.74 Å². The number of hydroxylamine groups is 1. The lowest BCUT2D eigenvalue weighted by atomic mass is 9.96. The van der Waals surface area contributed by atoms with E-state index < -0.39 is 12.1 Å². The van der Waals surface area contributed by atoms with E-state index in [1.54, 1.807) is 13.8 Å². The third-order valence-corrected chi connectivity index (χ3v) is 3.48. The van der Waals surface area contributed by atoms with Gasteiger partial charge in [0.15, 0.2) is 0 Å². The fourth-order valence-corrected chi connectivity index (χ4v) is 2.05. The molecule has 24 heavy (non-hydrogen) atoms. The van der Waals surface area contributed by atoms with Crippen LogP contribution >= 0.6 is 0 Å². The highest BCUT2D eigenvalue weighted by Gasteiger charge is 2.15. The number of aliphatic hydroxyl groups is 1. The summed E-state index contributed by atoms with van der Waals surface area (Å²) in [6.07, 6.45) is 0.814. The molecule has 0 fully saturated rings. The minimum atomic E-state index is -0.661. The fourth-order valence-electron chi connectivity index (χ4n) is 2.05. The van der Waals surface area contributed by atoms with Crippen LogP contribution in [0.2, 0.25) is 0 Å². The van der Waals surface area contributed by atoms with Gasteiger partial charge in [-0.1, -0.05) is 30.8 Å². The van der Waals surface area contributed by atoms with Crippen LogP contribution in [0.3, 0.4) is 0 Å².